The third kappa shape index (κ3) is 3.90. The number of aromatic nitrogens is 1. The van der Waals surface area contributed by atoms with Gasteiger partial charge < -0.3 is 11.1 Å². The lowest BCUT2D eigenvalue weighted by atomic mass is 10.1. The zero-order valence-corrected chi connectivity index (χ0v) is 11.5. The molecule has 1 amide bonds. The Bertz CT molecular complexity index is 542. The lowest BCUT2D eigenvalue weighted by Gasteiger charge is -2.17. The Kier molecular flexibility index (Phi) is 4.85. The molecule has 104 valence electrons. The number of nitrogens with zero attached hydrogens (tertiary/aromatic N) is 1. The van der Waals surface area contributed by atoms with Gasteiger partial charge in [0.15, 0.2) is 0 Å². The first-order valence-corrected chi connectivity index (χ1v) is 6.66. The first-order chi connectivity index (χ1) is 9.66. The van der Waals surface area contributed by atoms with Crippen LogP contribution in [0.1, 0.15) is 24.1 Å². The minimum absolute atomic E-state index is 0.0991. The molecule has 0 bridgehead atoms. The highest BCUT2D eigenvalue weighted by atomic mass is 16.2. The van der Waals surface area contributed by atoms with Crippen LogP contribution in [0.15, 0.2) is 54.9 Å². The van der Waals surface area contributed by atoms with Gasteiger partial charge in [-0.3, -0.25) is 9.78 Å². The molecule has 0 fully saturated rings. The Balaban J connectivity index is 1.91. The summed E-state index contributed by atoms with van der Waals surface area (Å²) in [6.45, 7) is 1.92. The fourth-order valence-electron chi connectivity index (χ4n) is 2.00. The van der Waals surface area contributed by atoms with Gasteiger partial charge in [-0.15, -0.1) is 0 Å². The number of carbonyl (C=O) groups excluding carboxylic acids is 1. The maximum absolute atomic E-state index is 12.1. The molecule has 20 heavy (non-hydrogen) atoms. The molecular weight excluding hydrogens is 250 g/mol. The molecule has 0 spiro atoms. The highest BCUT2D eigenvalue weighted by Gasteiger charge is 2.16. The number of carbonyl (C=O) groups is 1. The molecular formula is C16H19N3O. The molecule has 0 aliphatic rings. The van der Waals surface area contributed by atoms with Crippen LogP contribution in [0, 0.1) is 0 Å². The average Bonchev–Trinajstić information content (AvgIpc) is 2.49. The van der Waals surface area contributed by atoms with Crippen molar-refractivity contribution in [2.75, 3.05) is 0 Å². The largest absolute Gasteiger partial charge is 0.348 e. The standard InChI is InChI=1S/C16H19N3O/c1-12(14-8-5-9-18-11-14)19-16(20)15(17)10-13-6-3-2-4-7-13/h2-9,11-12,15H,10,17H2,1H3,(H,19,20)/t12-,15-/m0/s1. The Morgan fingerprint density at radius 3 is 2.65 bits per heavy atom. The zero-order chi connectivity index (χ0) is 14.4. The molecule has 1 aromatic heterocycles. The van der Waals surface area contributed by atoms with Crippen molar-refractivity contribution in [2.45, 2.75) is 25.4 Å². The third-order valence-corrected chi connectivity index (χ3v) is 3.18. The Hall–Kier alpha value is -2.20. The van der Waals surface area contributed by atoms with Crippen LogP contribution in [0.4, 0.5) is 0 Å². The van der Waals surface area contributed by atoms with E-state index in [-0.39, 0.29) is 11.9 Å². The molecule has 2 atom stereocenters. The number of hydrogen-bond donors (Lipinski definition) is 2. The Morgan fingerprint density at radius 1 is 1.25 bits per heavy atom. The van der Waals surface area contributed by atoms with Gasteiger partial charge in [0, 0.05) is 12.4 Å². The number of rotatable bonds is 5. The van der Waals surface area contributed by atoms with Gasteiger partial charge in [-0.1, -0.05) is 36.4 Å². The van der Waals surface area contributed by atoms with Crippen molar-refractivity contribution in [1.29, 1.82) is 0 Å². The fraction of sp³-hybridized carbons (Fsp3) is 0.250. The van der Waals surface area contributed by atoms with E-state index in [1.54, 1.807) is 12.4 Å². The van der Waals surface area contributed by atoms with Crippen molar-refractivity contribution >= 4 is 5.91 Å². The van der Waals surface area contributed by atoms with E-state index < -0.39 is 6.04 Å². The van der Waals surface area contributed by atoms with Crippen LogP contribution < -0.4 is 11.1 Å². The van der Waals surface area contributed by atoms with Crippen molar-refractivity contribution in [3.8, 4) is 0 Å². The van der Waals surface area contributed by atoms with E-state index in [0.717, 1.165) is 11.1 Å². The van der Waals surface area contributed by atoms with E-state index in [1.807, 2.05) is 49.4 Å². The highest BCUT2D eigenvalue weighted by molar-refractivity contribution is 5.82. The SMILES string of the molecule is C[C@H](NC(=O)[C@@H](N)Cc1ccccc1)c1cccnc1. The molecule has 0 unspecified atom stereocenters. The monoisotopic (exact) mass is 269 g/mol. The van der Waals surface area contributed by atoms with E-state index in [9.17, 15) is 4.79 Å². The summed E-state index contributed by atoms with van der Waals surface area (Å²) in [5, 5.41) is 2.91. The summed E-state index contributed by atoms with van der Waals surface area (Å²) in [7, 11) is 0. The van der Waals surface area contributed by atoms with Gasteiger partial charge >= 0.3 is 0 Å². The van der Waals surface area contributed by atoms with Crippen molar-refractivity contribution in [2.24, 2.45) is 5.73 Å². The van der Waals surface area contributed by atoms with Gasteiger partial charge in [-0.05, 0) is 30.5 Å². The van der Waals surface area contributed by atoms with Gasteiger partial charge in [-0.2, -0.15) is 0 Å². The molecule has 1 heterocycles. The van der Waals surface area contributed by atoms with Crippen LogP contribution in [-0.2, 0) is 11.2 Å². The van der Waals surface area contributed by atoms with Crippen LogP contribution in [0.3, 0.4) is 0 Å². The van der Waals surface area contributed by atoms with Gasteiger partial charge in [0.2, 0.25) is 5.91 Å². The van der Waals surface area contributed by atoms with Crippen molar-refractivity contribution in [3.63, 3.8) is 0 Å². The second kappa shape index (κ2) is 6.82. The normalized spacial score (nSPS) is 13.5. The molecule has 4 nitrogen and oxygen atoms in total. The summed E-state index contributed by atoms with van der Waals surface area (Å²) in [5.74, 6) is -0.148. The van der Waals surface area contributed by atoms with E-state index in [0.29, 0.717) is 6.42 Å². The second-order valence-electron chi connectivity index (χ2n) is 4.81. The summed E-state index contributed by atoms with van der Waals surface area (Å²) in [5.41, 5.74) is 7.97. The summed E-state index contributed by atoms with van der Waals surface area (Å²) in [4.78, 5) is 16.1. The number of amides is 1. The lowest BCUT2D eigenvalue weighted by molar-refractivity contribution is -0.123. The second-order valence-corrected chi connectivity index (χ2v) is 4.81. The summed E-state index contributed by atoms with van der Waals surface area (Å²) >= 11 is 0. The topological polar surface area (TPSA) is 68.0 Å². The van der Waals surface area contributed by atoms with Crippen LogP contribution in [-0.4, -0.2) is 16.9 Å². The molecule has 0 aliphatic carbocycles. The fourth-order valence-corrected chi connectivity index (χ4v) is 2.00. The molecule has 0 radical (unpaired) electrons. The quantitative estimate of drug-likeness (QED) is 0.870. The molecule has 2 aromatic rings. The number of benzene rings is 1. The van der Waals surface area contributed by atoms with E-state index in [4.69, 9.17) is 5.73 Å². The average molecular weight is 269 g/mol. The highest BCUT2D eigenvalue weighted by Crippen LogP contribution is 2.10. The summed E-state index contributed by atoms with van der Waals surface area (Å²) in [6, 6.07) is 12.9. The predicted molar refractivity (Wildman–Crippen MR) is 78.9 cm³/mol. The van der Waals surface area contributed by atoms with Gasteiger partial charge in [0.25, 0.3) is 0 Å². The summed E-state index contributed by atoms with van der Waals surface area (Å²) in [6.07, 6.45) is 3.99. The van der Waals surface area contributed by atoms with E-state index >= 15 is 0 Å². The zero-order valence-electron chi connectivity index (χ0n) is 11.5. The Morgan fingerprint density at radius 2 is 2.00 bits per heavy atom. The number of nitrogens with one attached hydrogen (secondary N) is 1. The van der Waals surface area contributed by atoms with Gasteiger partial charge in [-0.25, -0.2) is 0 Å². The van der Waals surface area contributed by atoms with Crippen molar-refractivity contribution in [1.82, 2.24) is 10.3 Å². The smallest absolute Gasteiger partial charge is 0.237 e. The first kappa shape index (κ1) is 14.2. The van der Waals surface area contributed by atoms with Gasteiger partial charge in [0.1, 0.15) is 0 Å². The molecule has 0 saturated heterocycles. The van der Waals surface area contributed by atoms with Crippen LogP contribution in [0.5, 0.6) is 0 Å². The molecule has 2 rings (SSSR count). The predicted octanol–water partition coefficient (Wildman–Crippen LogP) is 1.83. The number of nitrogens with two attached hydrogens (primary N) is 1. The summed E-state index contributed by atoms with van der Waals surface area (Å²) < 4.78 is 0. The van der Waals surface area contributed by atoms with Crippen LogP contribution >= 0.6 is 0 Å². The maximum atomic E-state index is 12.1. The third-order valence-electron chi connectivity index (χ3n) is 3.18. The van der Waals surface area contributed by atoms with Crippen LogP contribution in [0.2, 0.25) is 0 Å². The molecule has 3 N–H and O–H groups in total. The molecule has 0 aliphatic heterocycles. The van der Waals surface area contributed by atoms with Crippen molar-refractivity contribution < 1.29 is 4.79 Å². The maximum Gasteiger partial charge on any atom is 0.237 e. The number of hydrogen-bond acceptors (Lipinski definition) is 3. The molecule has 0 saturated carbocycles. The number of pyridine rings is 1. The van der Waals surface area contributed by atoms with Crippen LogP contribution in [0.25, 0.3) is 0 Å². The van der Waals surface area contributed by atoms with Crippen molar-refractivity contribution in [3.05, 3.63) is 66.0 Å². The first-order valence-electron chi connectivity index (χ1n) is 6.66. The Labute approximate surface area is 119 Å². The minimum atomic E-state index is -0.545. The molecule has 4 heteroatoms. The van der Waals surface area contributed by atoms with E-state index in [1.165, 1.54) is 0 Å². The lowest BCUT2D eigenvalue weighted by Crippen LogP contribution is -2.42. The minimum Gasteiger partial charge on any atom is -0.348 e. The van der Waals surface area contributed by atoms with Gasteiger partial charge in [0.05, 0.1) is 12.1 Å². The molecule has 1 aromatic carbocycles. The van der Waals surface area contributed by atoms with E-state index in [2.05, 4.69) is 10.3 Å².